The molecule has 0 bridgehead atoms. The molecule has 0 aromatic heterocycles. The van der Waals surface area contributed by atoms with E-state index >= 15 is 0 Å². The van der Waals surface area contributed by atoms with Gasteiger partial charge in [0.2, 0.25) is 11.8 Å². The second-order valence-electron chi connectivity index (χ2n) is 6.10. The molecule has 0 saturated carbocycles. The summed E-state index contributed by atoms with van der Waals surface area (Å²) in [4.78, 5) is 37.5. The maximum atomic E-state index is 12.5. The number of hydrogen-bond acceptors (Lipinski definition) is 4. The van der Waals surface area contributed by atoms with Crippen molar-refractivity contribution < 1.29 is 19.1 Å². The molecule has 2 saturated heterocycles. The van der Waals surface area contributed by atoms with Gasteiger partial charge in [0.05, 0.1) is 5.60 Å². The first-order chi connectivity index (χ1) is 9.35. The molecule has 0 aliphatic carbocycles. The van der Waals surface area contributed by atoms with Gasteiger partial charge in [-0.2, -0.15) is 0 Å². The highest BCUT2D eigenvalue weighted by Crippen LogP contribution is 2.30. The number of rotatable bonds is 3. The summed E-state index contributed by atoms with van der Waals surface area (Å²) in [6.07, 6.45) is 2.42. The SMILES string of the molecule is CCCC1C(=O)NC(=O)N(C2CCOC(C)(C)C2)C1=O. The van der Waals surface area contributed by atoms with Crippen molar-refractivity contribution in [2.45, 2.75) is 58.1 Å². The zero-order valence-electron chi connectivity index (χ0n) is 12.3. The Morgan fingerprint density at radius 3 is 2.65 bits per heavy atom. The van der Waals surface area contributed by atoms with Gasteiger partial charge in [-0.25, -0.2) is 4.79 Å². The molecule has 0 spiro atoms. The molecule has 112 valence electrons. The molecule has 2 unspecified atom stereocenters. The summed E-state index contributed by atoms with van der Waals surface area (Å²) in [5, 5.41) is 2.31. The molecule has 0 aromatic rings. The van der Waals surface area contributed by atoms with Crippen LogP contribution in [0.25, 0.3) is 0 Å². The average Bonchev–Trinajstić information content (AvgIpc) is 2.33. The highest BCUT2D eigenvalue weighted by atomic mass is 16.5. The van der Waals surface area contributed by atoms with E-state index in [9.17, 15) is 14.4 Å². The number of barbiturate groups is 1. The summed E-state index contributed by atoms with van der Waals surface area (Å²) in [6, 6.07) is -0.784. The van der Waals surface area contributed by atoms with E-state index in [0.29, 0.717) is 25.9 Å². The van der Waals surface area contributed by atoms with Crippen LogP contribution in [0.5, 0.6) is 0 Å². The molecule has 2 rings (SSSR count). The number of nitrogens with zero attached hydrogens (tertiary/aromatic N) is 1. The van der Waals surface area contributed by atoms with Crippen LogP contribution in [0.3, 0.4) is 0 Å². The molecule has 6 nitrogen and oxygen atoms in total. The molecular formula is C14H22N2O4. The largest absolute Gasteiger partial charge is 0.375 e. The molecule has 6 heteroatoms. The Labute approximate surface area is 118 Å². The fourth-order valence-electron chi connectivity index (χ4n) is 2.94. The quantitative estimate of drug-likeness (QED) is 0.795. The van der Waals surface area contributed by atoms with Crippen LogP contribution in [0.2, 0.25) is 0 Å². The molecule has 2 atom stereocenters. The minimum Gasteiger partial charge on any atom is -0.375 e. The van der Waals surface area contributed by atoms with Gasteiger partial charge in [0.25, 0.3) is 0 Å². The van der Waals surface area contributed by atoms with Crippen molar-refractivity contribution in [1.29, 1.82) is 0 Å². The molecule has 2 fully saturated rings. The van der Waals surface area contributed by atoms with Gasteiger partial charge in [0.1, 0.15) is 5.92 Å². The Kier molecular flexibility index (Phi) is 4.13. The van der Waals surface area contributed by atoms with Gasteiger partial charge in [0.15, 0.2) is 0 Å². The maximum Gasteiger partial charge on any atom is 0.331 e. The molecule has 0 aromatic carbocycles. The number of carbonyl (C=O) groups excluding carboxylic acids is 3. The predicted octanol–water partition coefficient (Wildman–Crippen LogP) is 1.44. The van der Waals surface area contributed by atoms with Crippen LogP contribution in [0.4, 0.5) is 4.79 Å². The number of ether oxygens (including phenoxy) is 1. The smallest absolute Gasteiger partial charge is 0.331 e. The van der Waals surface area contributed by atoms with Gasteiger partial charge in [-0.05, 0) is 33.1 Å². The fraction of sp³-hybridized carbons (Fsp3) is 0.786. The first-order valence-electron chi connectivity index (χ1n) is 7.17. The lowest BCUT2D eigenvalue weighted by Crippen LogP contribution is -2.62. The van der Waals surface area contributed by atoms with E-state index in [0.717, 1.165) is 6.42 Å². The van der Waals surface area contributed by atoms with Crippen molar-refractivity contribution in [2.75, 3.05) is 6.61 Å². The standard InChI is InChI=1S/C14H22N2O4/c1-4-5-10-11(17)15-13(19)16(12(10)18)9-6-7-20-14(2,3)8-9/h9-10H,4-8H2,1-3H3,(H,15,17,19). The fourth-order valence-corrected chi connectivity index (χ4v) is 2.94. The lowest BCUT2D eigenvalue weighted by molar-refractivity contribution is -0.148. The van der Waals surface area contributed by atoms with Crippen molar-refractivity contribution in [3.05, 3.63) is 0 Å². The Bertz CT molecular complexity index is 433. The van der Waals surface area contributed by atoms with E-state index in [1.165, 1.54) is 4.90 Å². The molecule has 0 radical (unpaired) electrons. The highest BCUT2D eigenvalue weighted by molar-refractivity contribution is 6.16. The third-order valence-electron chi connectivity index (χ3n) is 3.91. The van der Waals surface area contributed by atoms with Crippen molar-refractivity contribution in [2.24, 2.45) is 5.92 Å². The van der Waals surface area contributed by atoms with Crippen molar-refractivity contribution >= 4 is 17.8 Å². The van der Waals surface area contributed by atoms with Crippen molar-refractivity contribution in [3.63, 3.8) is 0 Å². The van der Waals surface area contributed by atoms with E-state index in [4.69, 9.17) is 4.74 Å². The normalized spacial score (nSPS) is 30.4. The third-order valence-corrected chi connectivity index (χ3v) is 3.91. The van der Waals surface area contributed by atoms with E-state index in [2.05, 4.69) is 5.32 Å². The number of amides is 4. The number of imide groups is 2. The van der Waals surface area contributed by atoms with Gasteiger partial charge in [-0.15, -0.1) is 0 Å². The molecule has 2 heterocycles. The van der Waals surface area contributed by atoms with E-state index in [1.54, 1.807) is 0 Å². The average molecular weight is 282 g/mol. The summed E-state index contributed by atoms with van der Waals surface area (Å²) in [5.41, 5.74) is -0.356. The topological polar surface area (TPSA) is 75.7 Å². The minimum atomic E-state index is -0.733. The van der Waals surface area contributed by atoms with Crippen molar-refractivity contribution in [3.8, 4) is 0 Å². The van der Waals surface area contributed by atoms with E-state index < -0.39 is 17.9 Å². The Morgan fingerprint density at radius 2 is 2.05 bits per heavy atom. The van der Waals surface area contributed by atoms with Crippen LogP contribution in [0.15, 0.2) is 0 Å². The van der Waals surface area contributed by atoms with Gasteiger partial charge < -0.3 is 4.74 Å². The second kappa shape index (κ2) is 5.52. The van der Waals surface area contributed by atoms with E-state index in [1.807, 2.05) is 20.8 Å². The molecule has 4 amide bonds. The van der Waals surface area contributed by atoms with Crippen LogP contribution in [0.1, 0.15) is 46.5 Å². The van der Waals surface area contributed by atoms with Crippen LogP contribution in [-0.2, 0) is 14.3 Å². The maximum absolute atomic E-state index is 12.5. The third kappa shape index (κ3) is 2.85. The molecule has 2 aliphatic heterocycles. The van der Waals surface area contributed by atoms with E-state index in [-0.39, 0.29) is 17.6 Å². The molecule has 20 heavy (non-hydrogen) atoms. The summed E-state index contributed by atoms with van der Waals surface area (Å²) < 4.78 is 5.62. The van der Waals surface area contributed by atoms with Gasteiger partial charge >= 0.3 is 6.03 Å². The second-order valence-corrected chi connectivity index (χ2v) is 6.10. The number of carbonyl (C=O) groups is 3. The van der Waals surface area contributed by atoms with Crippen LogP contribution in [0, 0.1) is 5.92 Å². The first-order valence-corrected chi connectivity index (χ1v) is 7.17. The van der Waals surface area contributed by atoms with Crippen LogP contribution >= 0.6 is 0 Å². The lowest BCUT2D eigenvalue weighted by atomic mass is 9.90. The van der Waals surface area contributed by atoms with Gasteiger partial charge in [-0.3, -0.25) is 19.8 Å². The lowest BCUT2D eigenvalue weighted by Gasteiger charge is -2.42. The van der Waals surface area contributed by atoms with Crippen LogP contribution < -0.4 is 5.32 Å². The van der Waals surface area contributed by atoms with Crippen molar-refractivity contribution in [1.82, 2.24) is 10.2 Å². The predicted molar refractivity (Wildman–Crippen MR) is 71.8 cm³/mol. The summed E-state index contributed by atoms with van der Waals surface area (Å²) >= 11 is 0. The summed E-state index contributed by atoms with van der Waals surface area (Å²) in [7, 11) is 0. The minimum absolute atomic E-state index is 0.196. The van der Waals surface area contributed by atoms with Gasteiger partial charge in [-0.1, -0.05) is 13.3 Å². The Morgan fingerprint density at radius 1 is 1.35 bits per heavy atom. The van der Waals surface area contributed by atoms with Crippen LogP contribution in [-0.4, -0.2) is 41.0 Å². The van der Waals surface area contributed by atoms with Gasteiger partial charge in [0, 0.05) is 12.6 Å². The molecular weight excluding hydrogens is 260 g/mol. The zero-order valence-corrected chi connectivity index (χ0v) is 12.3. The first kappa shape index (κ1) is 15.0. The summed E-state index contributed by atoms with van der Waals surface area (Å²) in [5.74, 6) is -1.56. The molecule has 2 aliphatic rings. The Balaban J connectivity index is 2.18. The number of hydrogen-bond donors (Lipinski definition) is 1. The molecule has 1 N–H and O–H groups in total. The number of nitrogens with one attached hydrogen (secondary N) is 1. The Hall–Kier alpha value is -1.43. The highest BCUT2D eigenvalue weighted by Gasteiger charge is 2.45. The zero-order chi connectivity index (χ0) is 14.9. The number of urea groups is 1. The monoisotopic (exact) mass is 282 g/mol. The summed E-state index contributed by atoms with van der Waals surface area (Å²) in [6.45, 7) is 6.32.